The standard InChI is InChI=1S/C16H23NO2S/c1-3-5-8-13(7-4-2)17-16(19)15-11-10-14(20-15)9-6-12-18/h10-11,13,18H,3-5,7-8,12H2,1-2H3,(H,17,19). The van der Waals surface area contributed by atoms with Crippen molar-refractivity contribution in [2.24, 2.45) is 0 Å². The van der Waals surface area contributed by atoms with Gasteiger partial charge in [-0.05, 0) is 25.0 Å². The number of hydrogen-bond acceptors (Lipinski definition) is 3. The zero-order valence-electron chi connectivity index (χ0n) is 12.2. The molecule has 1 aromatic heterocycles. The Morgan fingerprint density at radius 3 is 2.80 bits per heavy atom. The van der Waals surface area contributed by atoms with Crippen molar-refractivity contribution in [3.8, 4) is 11.8 Å². The van der Waals surface area contributed by atoms with Crippen LogP contribution in [0.2, 0.25) is 0 Å². The molecule has 0 spiro atoms. The van der Waals surface area contributed by atoms with Gasteiger partial charge in [0.2, 0.25) is 0 Å². The number of amides is 1. The molecular weight excluding hydrogens is 270 g/mol. The zero-order valence-corrected chi connectivity index (χ0v) is 13.1. The van der Waals surface area contributed by atoms with Crippen molar-refractivity contribution in [1.82, 2.24) is 5.32 Å². The van der Waals surface area contributed by atoms with Crippen molar-refractivity contribution < 1.29 is 9.90 Å². The number of rotatable bonds is 7. The van der Waals surface area contributed by atoms with Gasteiger partial charge < -0.3 is 10.4 Å². The van der Waals surface area contributed by atoms with Gasteiger partial charge in [-0.3, -0.25) is 4.79 Å². The Hall–Kier alpha value is -1.31. The maximum atomic E-state index is 12.2. The molecule has 0 aliphatic heterocycles. The van der Waals surface area contributed by atoms with Gasteiger partial charge in [0.15, 0.2) is 0 Å². The van der Waals surface area contributed by atoms with Crippen LogP contribution >= 0.6 is 11.3 Å². The highest BCUT2D eigenvalue weighted by Gasteiger charge is 2.14. The molecule has 0 saturated heterocycles. The lowest BCUT2D eigenvalue weighted by Gasteiger charge is -2.17. The predicted octanol–water partition coefficient (Wildman–Crippen LogP) is 3.18. The summed E-state index contributed by atoms with van der Waals surface area (Å²) in [6.07, 6.45) is 5.43. The van der Waals surface area contributed by atoms with Crippen LogP contribution < -0.4 is 5.32 Å². The van der Waals surface area contributed by atoms with Crippen LogP contribution in [0.5, 0.6) is 0 Å². The van der Waals surface area contributed by atoms with Gasteiger partial charge in [-0.1, -0.05) is 45.0 Å². The summed E-state index contributed by atoms with van der Waals surface area (Å²) in [4.78, 5) is 13.7. The summed E-state index contributed by atoms with van der Waals surface area (Å²) in [7, 11) is 0. The van der Waals surface area contributed by atoms with Gasteiger partial charge in [0.05, 0.1) is 9.75 Å². The van der Waals surface area contributed by atoms with E-state index in [0.717, 1.165) is 37.0 Å². The van der Waals surface area contributed by atoms with Gasteiger partial charge in [-0.25, -0.2) is 0 Å². The van der Waals surface area contributed by atoms with Gasteiger partial charge in [0, 0.05) is 6.04 Å². The molecule has 1 atom stereocenters. The number of nitrogens with one attached hydrogen (secondary N) is 1. The molecule has 0 aliphatic rings. The molecule has 2 N–H and O–H groups in total. The average molecular weight is 293 g/mol. The first kappa shape index (κ1) is 16.7. The lowest BCUT2D eigenvalue weighted by molar-refractivity contribution is 0.0936. The van der Waals surface area contributed by atoms with Crippen LogP contribution in [0, 0.1) is 11.8 Å². The normalized spacial score (nSPS) is 11.6. The Kier molecular flexibility index (Phi) is 8.01. The molecule has 0 bridgehead atoms. The summed E-state index contributed by atoms with van der Waals surface area (Å²) >= 11 is 1.37. The van der Waals surface area contributed by atoms with Gasteiger partial charge >= 0.3 is 0 Å². The van der Waals surface area contributed by atoms with E-state index >= 15 is 0 Å². The summed E-state index contributed by atoms with van der Waals surface area (Å²) in [5.74, 6) is 5.40. The van der Waals surface area contributed by atoms with Crippen molar-refractivity contribution in [3.63, 3.8) is 0 Å². The summed E-state index contributed by atoms with van der Waals surface area (Å²) in [6.45, 7) is 4.14. The smallest absolute Gasteiger partial charge is 0.261 e. The number of carbonyl (C=O) groups excluding carboxylic acids is 1. The molecule has 110 valence electrons. The summed E-state index contributed by atoms with van der Waals surface area (Å²) in [6, 6.07) is 3.88. The molecule has 20 heavy (non-hydrogen) atoms. The van der Waals surface area contributed by atoms with E-state index in [1.807, 2.05) is 6.07 Å². The van der Waals surface area contributed by atoms with Crippen LogP contribution in [0.3, 0.4) is 0 Å². The van der Waals surface area contributed by atoms with Crippen molar-refractivity contribution >= 4 is 17.2 Å². The van der Waals surface area contributed by atoms with E-state index < -0.39 is 0 Å². The summed E-state index contributed by atoms with van der Waals surface area (Å²) in [5, 5.41) is 11.8. The van der Waals surface area contributed by atoms with Gasteiger partial charge in [-0.2, -0.15) is 0 Å². The van der Waals surface area contributed by atoms with Crippen LogP contribution in [0.4, 0.5) is 0 Å². The maximum Gasteiger partial charge on any atom is 0.261 e. The second kappa shape index (κ2) is 9.57. The summed E-state index contributed by atoms with van der Waals surface area (Å²) < 4.78 is 0. The molecule has 0 saturated carbocycles. The van der Waals surface area contributed by atoms with E-state index in [1.165, 1.54) is 11.3 Å². The fourth-order valence-electron chi connectivity index (χ4n) is 2.00. The topological polar surface area (TPSA) is 49.3 Å². The van der Waals surface area contributed by atoms with Gasteiger partial charge in [-0.15, -0.1) is 11.3 Å². The number of unbranched alkanes of at least 4 members (excludes halogenated alkanes) is 1. The Morgan fingerprint density at radius 2 is 2.15 bits per heavy atom. The number of carbonyl (C=O) groups is 1. The third-order valence-electron chi connectivity index (χ3n) is 3.00. The van der Waals surface area contributed by atoms with E-state index in [9.17, 15) is 4.79 Å². The number of hydrogen-bond donors (Lipinski definition) is 2. The monoisotopic (exact) mass is 293 g/mol. The van der Waals surface area contributed by atoms with Crippen LogP contribution in [0.1, 0.15) is 60.5 Å². The third kappa shape index (κ3) is 5.77. The van der Waals surface area contributed by atoms with E-state index in [-0.39, 0.29) is 18.6 Å². The van der Waals surface area contributed by atoms with Crippen molar-refractivity contribution in [2.45, 2.75) is 52.0 Å². The van der Waals surface area contributed by atoms with E-state index in [4.69, 9.17) is 5.11 Å². The van der Waals surface area contributed by atoms with Crippen molar-refractivity contribution in [1.29, 1.82) is 0 Å². The van der Waals surface area contributed by atoms with Crippen molar-refractivity contribution in [3.05, 3.63) is 21.9 Å². The zero-order chi connectivity index (χ0) is 14.8. The van der Waals surface area contributed by atoms with E-state index in [2.05, 4.69) is 31.0 Å². The Morgan fingerprint density at radius 1 is 1.35 bits per heavy atom. The van der Waals surface area contributed by atoms with Crippen LogP contribution in [0.25, 0.3) is 0 Å². The van der Waals surface area contributed by atoms with E-state index in [0.29, 0.717) is 4.88 Å². The minimum Gasteiger partial charge on any atom is -0.384 e. The maximum absolute atomic E-state index is 12.2. The molecule has 0 fully saturated rings. The second-order valence-electron chi connectivity index (χ2n) is 4.73. The fourth-order valence-corrected chi connectivity index (χ4v) is 2.78. The number of aliphatic hydroxyl groups excluding tert-OH is 1. The molecule has 0 radical (unpaired) electrons. The molecule has 1 aromatic rings. The molecule has 1 heterocycles. The molecular formula is C16H23NO2S. The van der Waals surface area contributed by atoms with Gasteiger partial charge in [0.25, 0.3) is 5.91 Å². The Bertz CT molecular complexity index is 470. The SMILES string of the molecule is CCCCC(CCC)NC(=O)c1ccc(C#CCO)s1. The predicted molar refractivity (Wildman–Crippen MR) is 84.0 cm³/mol. The third-order valence-corrected chi connectivity index (χ3v) is 4.00. The van der Waals surface area contributed by atoms with E-state index in [1.54, 1.807) is 6.07 Å². The molecule has 0 aromatic carbocycles. The lowest BCUT2D eigenvalue weighted by Crippen LogP contribution is -2.34. The second-order valence-corrected chi connectivity index (χ2v) is 5.81. The molecule has 4 heteroatoms. The molecule has 1 unspecified atom stereocenters. The highest BCUT2D eigenvalue weighted by molar-refractivity contribution is 7.14. The highest BCUT2D eigenvalue weighted by atomic mass is 32.1. The molecule has 1 amide bonds. The average Bonchev–Trinajstić information content (AvgIpc) is 2.91. The number of thiophene rings is 1. The molecule has 1 rings (SSSR count). The Labute approximate surface area is 125 Å². The first-order valence-corrected chi connectivity index (χ1v) is 8.03. The fraction of sp³-hybridized carbons (Fsp3) is 0.562. The van der Waals surface area contributed by atoms with Crippen molar-refractivity contribution in [2.75, 3.05) is 6.61 Å². The quantitative estimate of drug-likeness (QED) is 0.759. The first-order valence-electron chi connectivity index (χ1n) is 7.21. The largest absolute Gasteiger partial charge is 0.384 e. The minimum atomic E-state index is -0.158. The van der Waals surface area contributed by atoms with Crippen LogP contribution in [-0.2, 0) is 0 Å². The number of aliphatic hydroxyl groups is 1. The highest BCUT2D eigenvalue weighted by Crippen LogP contribution is 2.16. The summed E-state index contributed by atoms with van der Waals surface area (Å²) in [5.41, 5.74) is 0. The van der Waals surface area contributed by atoms with Gasteiger partial charge in [0.1, 0.15) is 6.61 Å². The molecule has 0 aliphatic carbocycles. The van der Waals surface area contributed by atoms with Crippen LogP contribution in [-0.4, -0.2) is 23.7 Å². The first-order chi connectivity index (χ1) is 9.71. The Balaban J connectivity index is 2.61. The lowest BCUT2D eigenvalue weighted by atomic mass is 10.1. The van der Waals surface area contributed by atoms with Crippen LogP contribution in [0.15, 0.2) is 12.1 Å². The molecule has 3 nitrogen and oxygen atoms in total. The minimum absolute atomic E-state index is 0.0124.